The van der Waals surface area contributed by atoms with Gasteiger partial charge in [-0.25, -0.2) is 13.2 Å². The quantitative estimate of drug-likeness (QED) is 0.757. The molecule has 0 spiro atoms. The molecule has 0 radical (unpaired) electrons. The summed E-state index contributed by atoms with van der Waals surface area (Å²) in [7, 11) is -3.55. The zero-order valence-electron chi connectivity index (χ0n) is 18.7. The molecule has 2 aromatic carbocycles. The monoisotopic (exact) mass is 456 g/mol. The highest BCUT2D eigenvalue weighted by Crippen LogP contribution is 2.23. The molecule has 32 heavy (non-hydrogen) atoms. The Bertz CT molecular complexity index is 1040. The van der Waals surface area contributed by atoms with Gasteiger partial charge in [0.2, 0.25) is 10.0 Å². The number of carbonyl (C=O) groups is 1. The molecule has 2 fully saturated rings. The number of piperazine rings is 1. The molecule has 0 bridgehead atoms. The van der Waals surface area contributed by atoms with Crippen molar-refractivity contribution in [3.8, 4) is 0 Å². The van der Waals surface area contributed by atoms with Gasteiger partial charge in [-0.15, -0.1) is 0 Å². The third-order valence-corrected chi connectivity index (χ3v) is 8.12. The first-order chi connectivity index (χ1) is 15.4. The van der Waals surface area contributed by atoms with Crippen LogP contribution in [0.4, 0.5) is 16.2 Å². The molecule has 2 aliphatic rings. The smallest absolute Gasteiger partial charge is 0.321 e. The number of rotatable bonds is 4. The van der Waals surface area contributed by atoms with E-state index in [1.807, 2.05) is 0 Å². The topological polar surface area (TPSA) is 73.0 Å². The Balaban J connectivity index is 1.38. The van der Waals surface area contributed by atoms with Gasteiger partial charge in [0.25, 0.3) is 0 Å². The second-order valence-electron chi connectivity index (χ2n) is 8.59. The van der Waals surface area contributed by atoms with Crippen molar-refractivity contribution in [1.82, 2.24) is 9.21 Å². The van der Waals surface area contributed by atoms with Gasteiger partial charge in [0.1, 0.15) is 0 Å². The molecule has 0 aromatic heterocycles. The van der Waals surface area contributed by atoms with Crippen LogP contribution < -0.4 is 10.2 Å². The molecule has 172 valence electrons. The van der Waals surface area contributed by atoms with Crippen molar-refractivity contribution >= 4 is 27.4 Å². The van der Waals surface area contributed by atoms with E-state index in [4.69, 9.17) is 0 Å². The van der Waals surface area contributed by atoms with Crippen LogP contribution >= 0.6 is 0 Å². The summed E-state index contributed by atoms with van der Waals surface area (Å²) in [5.74, 6) is 0. The van der Waals surface area contributed by atoms with Gasteiger partial charge in [0, 0.05) is 50.6 Å². The number of anilines is 2. The number of aryl methyl sites for hydroxylation is 1. The maximum absolute atomic E-state index is 13.1. The number of amides is 2. The van der Waals surface area contributed by atoms with E-state index < -0.39 is 10.0 Å². The molecule has 2 aromatic rings. The van der Waals surface area contributed by atoms with Gasteiger partial charge in [-0.2, -0.15) is 4.31 Å². The van der Waals surface area contributed by atoms with E-state index in [-0.39, 0.29) is 10.9 Å². The average Bonchev–Trinajstić information content (AvgIpc) is 3.10. The highest BCUT2D eigenvalue weighted by atomic mass is 32.2. The third kappa shape index (κ3) is 5.24. The van der Waals surface area contributed by atoms with Gasteiger partial charge < -0.3 is 15.1 Å². The molecule has 2 aliphatic heterocycles. The fourth-order valence-electron chi connectivity index (χ4n) is 4.36. The molecule has 2 heterocycles. The summed E-state index contributed by atoms with van der Waals surface area (Å²) in [5, 5.41) is 2.89. The molecule has 0 aliphatic carbocycles. The van der Waals surface area contributed by atoms with Crippen molar-refractivity contribution < 1.29 is 13.2 Å². The van der Waals surface area contributed by atoms with Crippen LogP contribution in [0.2, 0.25) is 0 Å². The van der Waals surface area contributed by atoms with Gasteiger partial charge in [-0.05, 0) is 55.7 Å². The molecule has 0 saturated carbocycles. The summed E-state index contributed by atoms with van der Waals surface area (Å²) < 4.78 is 27.7. The van der Waals surface area contributed by atoms with Crippen LogP contribution in [0.25, 0.3) is 0 Å². The molecule has 7 nitrogen and oxygen atoms in total. The number of nitrogens with one attached hydrogen (secondary N) is 1. The zero-order chi connectivity index (χ0) is 22.6. The molecular formula is C24H32N4O3S. The largest absolute Gasteiger partial charge is 0.368 e. The number of hydrogen-bond donors (Lipinski definition) is 1. The fourth-order valence-corrected chi connectivity index (χ4v) is 5.92. The normalized spacial score (nSPS) is 18.3. The van der Waals surface area contributed by atoms with E-state index in [9.17, 15) is 13.2 Å². The second-order valence-corrected chi connectivity index (χ2v) is 10.5. The predicted molar refractivity (Wildman–Crippen MR) is 128 cm³/mol. The van der Waals surface area contributed by atoms with E-state index in [1.54, 1.807) is 33.5 Å². The number of benzene rings is 2. The molecule has 2 amide bonds. The lowest BCUT2D eigenvalue weighted by Crippen LogP contribution is -2.50. The summed E-state index contributed by atoms with van der Waals surface area (Å²) in [6, 6.07) is 14.8. The fraction of sp³-hybridized carbons (Fsp3) is 0.458. The standard InChI is InChI=1S/C24H32N4O3S/c1-20-8-6-10-22(18-20)26-14-16-27(17-15-26)24(29)25-21-9-7-11-23(19-21)32(30,31)28-12-4-2-3-5-13-28/h6-11,18-19H,2-5,12-17H2,1H3,(H,25,29). The van der Waals surface area contributed by atoms with Crippen LogP contribution in [0.3, 0.4) is 0 Å². The van der Waals surface area contributed by atoms with E-state index in [0.29, 0.717) is 31.9 Å². The summed E-state index contributed by atoms with van der Waals surface area (Å²) in [6.07, 6.45) is 3.92. The van der Waals surface area contributed by atoms with Crippen LogP contribution in [-0.2, 0) is 10.0 Å². The van der Waals surface area contributed by atoms with Crippen LogP contribution in [0.15, 0.2) is 53.4 Å². The van der Waals surface area contributed by atoms with Crippen molar-refractivity contribution in [2.45, 2.75) is 37.5 Å². The van der Waals surface area contributed by atoms with Gasteiger partial charge >= 0.3 is 6.03 Å². The van der Waals surface area contributed by atoms with Gasteiger partial charge in [-0.3, -0.25) is 0 Å². The summed E-state index contributed by atoms with van der Waals surface area (Å²) in [5.41, 5.74) is 2.90. The molecule has 1 N–H and O–H groups in total. The van der Waals surface area contributed by atoms with E-state index in [2.05, 4.69) is 41.4 Å². The molecule has 0 unspecified atom stereocenters. The Labute approximate surface area is 191 Å². The summed E-state index contributed by atoms with van der Waals surface area (Å²) in [4.78, 5) is 17.1. The maximum Gasteiger partial charge on any atom is 0.321 e. The minimum atomic E-state index is -3.55. The van der Waals surface area contributed by atoms with E-state index in [1.165, 1.54) is 11.3 Å². The lowest BCUT2D eigenvalue weighted by atomic mass is 10.2. The predicted octanol–water partition coefficient (Wildman–Crippen LogP) is 3.91. The lowest BCUT2D eigenvalue weighted by Gasteiger charge is -2.36. The van der Waals surface area contributed by atoms with Crippen LogP contribution in [-0.4, -0.2) is 62.9 Å². The Morgan fingerprint density at radius 1 is 0.844 bits per heavy atom. The minimum absolute atomic E-state index is 0.196. The van der Waals surface area contributed by atoms with Crippen LogP contribution in [0.1, 0.15) is 31.2 Å². The summed E-state index contributed by atoms with van der Waals surface area (Å²) >= 11 is 0. The number of carbonyl (C=O) groups excluding carboxylic acids is 1. The molecule has 8 heteroatoms. The van der Waals surface area contributed by atoms with Gasteiger partial charge in [0.15, 0.2) is 0 Å². The highest BCUT2D eigenvalue weighted by molar-refractivity contribution is 7.89. The Morgan fingerprint density at radius 3 is 2.22 bits per heavy atom. The Kier molecular flexibility index (Phi) is 7.01. The second kappa shape index (κ2) is 9.92. The number of hydrogen-bond acceptors (Lipinski definition) is 4. The Hall–Kier alpha value is -2.58. The van der Waals surface area contributed by atoms with Crippen molar-refractivity contribution in [3.63, 3.8) is 0 Å². The van der Waals surface area contributed by atoms with Crippen molar-refractivity contribution in [3.05, 3.63) is 54.1 Å². The van der Waals surface area contributed by atoms with E-state index in [0.717, 1.165) is 38.8 Å². The Morgan fingerprint density at radius 2 is 1.53 bits per heavy atom. The van der Waals surface area contributed by atoms with Crippen LogP contribution in [0, 0.1) is 6.92 Å². The number of sulfonamides is 1. The van der Waals surface area contributed by atoms with Crippen molar-refractivity contribution in [2.75, 3.05) is 49.5 Å². The SMILES string of the molecule is Cc1cccc(N2CCN(C(=O)Nc3cccc(S(=O)(=O)N4CCCCCC4)c3)CC2)c1. The maximum atomic E-state index is 13.1. The lowest BCUT2D eigenvalue weighted by molar-refractivity contribution is 0.208. The molecule has 2 saturated heterocycles. The van der Waals surface area contributed by atoms with Crippen molar-refractivity contribution in [2.24, 2.45) is 0 Å². The first kappa shape index (κ1) is 22.6. The van der Waals surface area contributed by atoms with Gasteiger partial charge in [0.05, 0.1) is 4.90 Å². The number of urea groups is 1. The molecule has 4 rings (SSSR count). The zero-order valence-corrected chi connectivity index (χ0v) is 19.5. The average molecular weight is 457 g/mol. The number of nitrogens with zero attached hydrogens (tertiary/aromatic N) is 3. The minimum Gasteiger partial charge on any atom is -0.368 e. The van der Waals surface area contributed by atoms with Crippen molar-refractivity contribution in [1.29, 1.82) is 0 Å². The highest BCUT2D eigenvalue weighted by Gasteiger charge is 2.26. The van der Waals surface area contributed by atoms with E-state index >= 15 is 0 Å². The molecule has 0 atom stereocenters. The molecular weight excluding hydrogens is 424 g/mol. The summed E-state index contributed by atoms with van der Waals surface area (Å²) in [6.45, 7) is 5.96. The third-order valence-electron chi connectivity index (χ3n) is 6.22. The first-order valence-electron chi connectivity index (χ1n) is 11.4. The van der Waals surface area contributed by atoms with Gasteiger partial charge in [-0.1, -0.05) is 31.0 Å². The van der Waals surface area contributed by atoms with Crippen LogP contribution in [0.5, 0.6) is 0 Å². The first-order valence-corrected chi connectivity index (χ1v) is 12.9.